The molecule has 0 radical (unpaired) electrons. The van der Waals surface area contributed by atoms with Crippen LogP contribution in [0.1, 0.15) is 53.4 Å². The highest BCUT2D eigenvalue weighted by molar-refractivity contribution is 5.83. The van der Waals surface area contributed by atoms with Crippen LogP contribution in [0.3, 0.4) is 0 Å². The predicted molar refractivity (Wildman–Crippen MR) is 109 cm³/mol. The maximum absolute atomic E-state index is 13.0. The van der Waals surface area contributed by atoms with Gasteiger partial charge < -0.3 is 15.8 Å². The molecule has 1 amide bonds. The zero-order chi connectivity index (χ0) is 19.1. The molecule has 0 saturated carbocycles. The molecule has 6 rings (SSSR count). The van der Waals surface area contributed by atoms with Gasteiger partial charge in [-0.05, 0) is 47.4 Å². The first-order valence-corrected chi connectivity index (χ1v) is 10.5. The van der Waals surface area contributed by atoms with Gasteiger partial charge in [0, 0.05) is 38.1 Å². The normalized spacial score (nSPS) is 27.0. The van der Waals surface area contributed by atoms with E-state index in [0.29, 0.717) is 44.1 Å². The molecule has 4 aliphatic rings. The monoisotopic (exact) mass is 376 g/mol. The van der Waals surface area contributed by atoms with Crippen LogP contribution in [0.5, 0.6) is 0 Å². The second-order valence-electron chi connectivity index (χ2n) is 8.59. The summed E-state index contributed by atoms with van der Waals surface area (Å²) in [6, 6.07) is 17.7. The molecule has 2 aromatic rings. The van der Waals surface area contributed by atoms with Crippen molar-refractivity contribution in [2.45, 2.75) is 31.1 Å². The Morgan fingerprint density at radius 2 is 1.57 bits per heavy atom. The van der Waals surface area contributed by atoms with Crippen LogP contribution in [0, 0.1) is 11.3 Å². The number of ether oxygens (including phenoxy) is 1. The smallest absolute Gasteiger partial charge is 0.227 e. The summed E-state index contributed by atoms with van der Waals surface area (Å²) >= 11 is 0. The molecule has 28 heavy (non-hydrogen) atoms. The molecule has 0 aromatic heterocycles. The minimum absolute atomic E-state index is 0.112. The van der Waals surface area contributed by atoms with Crippen molar-refractivity contribution >= 4 is 5.91 Å². The van der Waals surface area contributed by atoms with Gasteiger partial charge in [0.25, 0.3) is 0 Å². The molecule has 4 heteroatoms. The highest BCUT2D eigenvalue weighted by atomic mass is 16.5. The first-order valence-electron chi connectivity index (χ1n) is 10.5. The number of nitrogens with one attached hydrogen (secondary N) is 1. The summed E-state index contributed by atoms with van der Waals surface area (Å²) in [6.45, 7) is 2.36. The summed E-state index contributed by atoms with van der Waals surface area (Å²) in [5, 5.41) is 3.29. The summed E-state index contributed by atoms with van der Waals surface area (Å²) in [5.74, 6) is 1.33. The van der Waals surface area contributed by atoms with E-state index >= 15 is 0 Å². The standard InChI is InChI=1S/C24H28N2O2/c25-15-24(9-11-28-12-10-24)23(27)26-14-16-13-21-17-5-1-3-7-19(17)22(16)20-8-4-2-6-18(20)21/h1-8,16,21-22H,9-15,25H2,(H,26,27). The molecule has 2 aromatic carbocycles. The van der Waals surface area contributed by atoms with Crippen LogP contribution in [0.2, 0.25) is 0 Å². The number of carbonyl (C=O) groups excluding carboxylic acids is 1. The highest BCUT2D eigenvalue weighted by Crippen LogP contribution is 2.55. The minimum atomic E-state index is -0.457. The molecular weight excluding hydrogens is 348 g/mol. The van der Waals surface area contributed by atoms with Gasteiger partial charge in [-0.1, -0.05) is 48.5 Å². The van der Waals surface area contributed by atoms with E-state index < -0.39 is 5.41 Å². The zero-order valence-electron chi connectivity index (χ0n) is 16.2. The molecule has 2 bridgehead atoms. The van der Waals surface area contributed by atoms with E-state index in [9.17, 15) is 4.79 Å². The predicted octanol–water partition coefficient (Wildman–Crippen LogP) is 3.16. The fraction of sp³-hybridized carbons (Fsp3) is 0.458. The summed E-state index contributed by atoms with van der Waals surface area (Å²) in [7, 11) is 0. The highest BCUT2D eigenvalue weighted by Gasteiger charge is 2.44. The number of fused-ring (bicyclic) bond motifs is 1. The summed E-state index contributed by atoms with van der Waals surface area (Å²) in [6.07, 6.45) is 2.53. The average Bonchev–Trinajstić information content (AvgIpc) is 2.78. The van der Waals surface area contributed by atoms with Crippen molar-refractivity contribution in [3.05, 3.63) is 70.8 Å². The molecule has 146 valence electrons. The van der Waals surface area contributed by atoms with Crippen molar-refractivity contribution < 1.29 is 9.53 Å². The number of nitrogens with two attached hydrogens (primary N) is 1. The molecule has 1 fully saturated rings. The van der Waals surface area contributed by atoms with Crippen molar-refractivity contribution in [1.82, 2.24) is 5.32 Å². The van der Waals surface area contributed by atoms with Gasteiger partial charge >= 0.3 is 0 Å². The number of hydrogen-bond acceptors (Lipinski definition) is 3. The number of rotatable bonds is 4. The van der Waals surface area contributed by atoms with Crippen LogP contribution in [0.15, 0.2) is 48.5 Å². The van der Waals surface area contributed by atoms with Gasteiger partial charge in [0.1, 0.15) is 0 Å². The van der Waals surface area contributed by atoms with Crippen molar-refractivity contribution in [1.29, 1.82) is 0 Å². The average molecular weight is 377 g/mol. The van der Waals surface area contributed by atoms with E-state index in [1.807, 2.05) is 0 Å². The number of hydrogen-bond donors (Lipinski definition) is 2. The Bertz CT molecular complexity index is 840. The van der Waals surface area contributed by atoms with Gasteiger partial charge in [0.15, 0.2) is 0 Å². The van der Waals surface area contributed by atoms with Crippen LogP contribution in [-0.4, -0.2) is 32.2 Å². The number of carbonyl (C=O) groups is 1. The third-order valence-electron chi connectivity index (χ3n) is 7.27. The fourth-order valence-corrected chi connectivity index (χ4v) is 5.66. The topological polar surface area (TPSA) is 64.4 Å². The van der Waals surface area contributed by atoms with Gasteiger partial charge in [0.2, 0.25) is 5.91 Å². The van der Waals surface area contributed by atoms with E-state index in [2.05, 4.69) is 53.8 Å². The van der Waals surface area contributed by atoms with Crippen molar-refractivity contribution in [2.75, 3.05) is 26.3 Å². The Morgan fingerprint density at radius 3 is 2.14 bits per heavy atom. The second kappa shape index (κ2) is 7.02. The lowest BCUT2D eigenvalue weighted by Crippen LogP contribution is -2.51. The van der Waals surface area contributed by atoms with E-state index in [1.54, 1.807) is 0 Å². The van der Waals surface area contributed by atoms with E-state index in [4.69, 9.17) is 10.5 Å². The Morgan fingerprint density at radius 1 is 1.00 bits per heavy atom. The lowest BCUT2D eigenvalue weighted by Gasteiger charge is -2.46. The third-order valence-corrected chi connectivity index (χ3v) is 7.27. The van der Waals surface area contributed by atoms with Crippen molar-refractivity contribution in [2.24, 2.45) is 17.1 Å². The minimum Gasteiger partial charge on any atom is -0.381 e. The molecule has 4 nitrogen and oxygen atoms in total. The van der Waals surface area contributed by atoms with Crippen LogP contribution < -0.4 is 11.1 Å². The fourth-order valence-electron chi connectivity index (χ4n) is 5.66. The first-order chi connectivity index (χ1) is 13.7. The van der Waals surface area contributed by atoms with E-state index in [1.165, 1.54) is 22.3 Å². The van der Waals surface area contributed by atoms with Gasteiger partial charge in [-0.15, -0.1) is 0 Å². The summed E-state index contributed by atoms with van der Waals surface area (Å²) in [4.78, 5) is 13.0. The van der Waals surface area contributed by atoms with Gasteiger partial charge in [-0.3, -0.25) is 4.79 Å². The van der Waals surface area contributed by atoms with Crippen molar-refractivity contribution in [3.63, 3.8) is 0 Å². The molecule has 1 aliphatic heterocycles. The largest absolute Gasteiger partial charge is 0.381 e. The number of benzene rings is 2. The SMILES string of the molecule is NCC1(C(=O)NCC2CC3c4ccccc4C2c2ccccc23)CCOCC1. The summed E-state index contributed by atoms with van der Waals surface area (Å²) < 4.78 is 5.45. The number of amides is 1. The Hall–Kier alpha value is -2.17. The Kier molecular flexibility index (Phi) is 4.48. The van der Waals surface area contributed by atoms with E-state index in [0.717, 1.165) is 19.3 Å². The Balaban J connectivity index is 1.40. The molecule has 1 saturated heterocycles. The van der Waals surface area contributed by atoms with Gasteiger partial charge in [-0.2, -0.15) is 0 Å². The maximum atomic E-state index is 13.0. The molecule has 0 spiro atoms. The lowest BCUT2D eigenvalue weighted by atomic mass is 9.59. The first kappa shape index (κ1) is 17.9. The third kappa shape index (κ3) is 2.70. The zero-order valence-corrected chi connectivity index (χ0v) is 16.2. The van der Waals surface area contributed by atoms with Gasteiger partial charge in [-0.25, -0.2) is 0 Å². The molecule has 3 N–H and O–H groups in total. The quantitative estimate of drug-likeness (QED) is 0.862. The molecule has 3 aliphatic carbocycles. The van der Waals surface area contributed by atoms with Crippen LogP contribution in [0.4, 0.5) is 0 Å². The Labute approximate surface area is 166 Å². The van der Waals surface area contributed by atoms with Crippen LogP contribution in [-0.2, 0) is 9.53 Å². The maximum Gasteiger partial charge on any atom is 0.227 e. The second-order valence-corrected chi connectivity index (χ2v) is 8.59. The van der Waals surface area contributed by atoms with Gasteiger partial charge in [0.05, 0.1) is 5.41 Å². The van der Waals surface area contributed by atoms with Crippen LogP contribution in [0.25, 0.3) is 0 Å². The molecule has 1 atom stereocenters. The van der Waals surface area contributed by atoms with E-state index in [-0.39, 0.29) is 5.91 Å². The molecule has 1 heterocycles. The summed E-state index contributed by atoms with van der Waals surface area (Å²) in [5.41, 5.74) is 11.4. The van der Waals surface area contributed by atoms with Crippen molar-refractivity contribution in [3.8, 4) is 0 Å². The van der Waals surface area contributed by atoms with Crippen LogP contribution >= 0.6 is 0 Å². The molecule has 1 unspecified atom stereocenters. The lowest BCUT2D eigenvalue weighted by molar-refractivity contribution is -0.136. The molecular formula is C24H28N2O2.